The smallest absolute Gasteiger partial charge is 0.134 e. The van der Waals surface area contributed by atoms with Crippen LogP contribution in [0.5, 0.6) is 5.75 Å². The molecule has 0 aliphatic rings. The van der Waals surface area contributed by atoms with E-state index in [1.807, 2.05) is 42.5 Å². The summed E-state index contributed by atoms with van der Waals surface area (Å²) in [5, 5.41) is 1.09. The van der Waals surface area contributed by atoms with E-state index in [1.165, 1.54) is 0 Å². The summed E-state index contributed by atoms with van der Waals surface area (Å²) in [6.07, 6.45) is 0.821. The van der Waals surface area contributed by atoms with Crippen molar-refractivity contribution >= 4 is 11.0 Å². The number of benzene rings is 2. The van der Waals surface area contributed by atoms with Crippen LogP contribution in [-0.2, 0) is 6.42 Å². The van der Waals surface area contributed by atoms with Gasteiger partial charge in [0, 0.05) is 17.4 Å². The van der Waals surface area contributed by atoms with Crippen LogP contribution in [0.2, 0.25) is 0 Å². The molecule has 0 spiro atoms. The van der Waals surface area contributed by atoms with Crippen molar-refractivity contribution in [3.8, 4) is 5.75 Å². The minimum Gasteiger partial charge on any atom is -0.497 e. The SMILES string of the molecule is CCc1oc2ccccc2c1C(N)c1cccc(OC)c1. The maximum Gasteiger partial charge on any atom is 0.134 e. The lowest BCUT2D eigenvalue weighted by Crippen LogP contribution is -2.13. The Kier molecular flexibility index (Phi) is 3.67. The predicted molar refractivity (Wildman–Crippen MR) is 84.6 cm³/mol. The Morgan fingerprint density at radius 2 is 1.95 bits per heavy atom. The van der Waals surface area contributed by atoms with Crippen LogP contribution in [-0.4, -0.2) is 7.11 Å². The standard InChI is InChI=1S/C18H19NO2/c1-3-15-17(14-9-4-5-10-16(14)21-15)18(19)12-7-6-8-13(11-12)20-2/h4-11,18H,3,19H2,1-2H3. The average Bonchev–Trinajstić information content (AvgIpc) is 2.92. The molecule has 1 aromatic heterocycles. The van der Waals surface area contributed by atoms with Crippen LogP contribution >= 0.6 is 0 Å². The number of rotatable bonds is 4. The predicted octanol–water partition coefficient (Wildman–Crippen LogP) is 4.05. The van der Waals surface area contributed by atoms with Crippen LogP contribution in [0.4, 0.5) is 0 Å². The summed E-state index contributed by atoms with van der Waals surface area (Å²) in [5.74, 6) is 1.76. The number of furan rings is 1. The first-order valence-electron chi connectivity index (χ1n) is 7.14. The molecule has 2 N–H and O–H groups in total. The molecule has 0 amide bonds. The molecular formula is C18H19NO2. The molecule has 0 fully saturated rings. The van der Waals surface area contributed by atoms with E-state index in [2.05, 4.69) is 13.0 Å². The van der Waals surface area contributed by atoms with E-state index >= 15 is 0 Å². The summed E-state index contributed by atoms with van der Waals surface area (Å²) in [4.78, 5) is 0. The molecule has 0 aliphatic heterocycles. The molecule has 3 heteroatoms. The van der Waals surface area contributed by atoms with E-state index < -0.39 is 0 Å². The summed E-state index contributed by atoms with van der Waals surface area (Å²) in [5.41, 5.74) is 9.50. The van der Waals surface area contributed by atoms with E-state index in [0.717, 1.165) is 40.0 Å². The maximum atomic E-state index is 6.51. The highest BCUT2D eigenvalue weighted by atomic mass is 16.5. The van der Waals surface area contributed by atoms with Gasteiger partial charge in [0.25, 0.3) is 0 Å². The fraction of sp³-hybridized carbons (Fsp3) is 0.222. The van der Waals surface area contributed by atoms with Gasteiger partial charge in [-0.1, -0.05) is 37.3 Å². The molecule has 0 saturated carbocycles. The van der Waals surface area contributed by atoms with E-state index in [4.69, 9.17) is 14.9 Å². The van der Waals surface area contributed by atoms with Gasteiger partial charge in [0.05, 0.1) is 13.2 Å². The highest BCUT2D eigenvalue weighted by molar-refractivity contribution is 5.83. The van der Waals surface area contributed by atoms with Gasteiger partial charge in [0.1, 0.15) is 17.1 Å². The Balaban J connectivity index is 2.14. The number of fused-ring (bicyclic) bond motifs is 1. The number of hydrogen-bond acceptors (Lipinski definition) is 3. The molecule has 1 heterocycles. The quantitative estimate of drug-likeness (QED) is 0.784. The molecule has 2 aromatic carbocycles. The Morgan fingerprint density at radius 1 is 1.14 bits per heavy atom. The van der Waals surface area contributed by atoms with Crippen LogP contribution in [0.25, 0.3) is 11.0 Å². The molecule has 0 radical (unpaired) electrons. The summed E-state index contributed by atoms with van der Waals surface area (Å²) in [6.45, 7) is 2.08. The normalized spacial score (nSPS) is 12.5. The van der Waals surface area contributed by atoms with Crippen LogP contribution in [0.3, 0.4) is 0 Å². The number of aryl methyl sites for hydroxylation is 1. The number of hydrogen-bond donors (Lipinski definition) is 1. The minimum absolute atomic E-state index is 0.223. The minimum atomic E-state index is -0.223. The van der Waals surface area contributed by atoms with Crippen molar-refractivity contribution in [1.82, 2.24) is 0 Å². The van der Waals surface area contributed by atoms with Crippen molar-refractivity contribution < 1.29 is 9.15 Å². The topological polar surface area (TPSA) is 48.4 Å². The second-order valence-corrected chi connectivity index (χ2v) is 5.04. The van der Waals surface area contributed by atoms with Crippen molar-refractivity contribution in [1.29, 1.82) is 0 Å². The van der Waals surface area contributed by atoms with Gasteiger partial charge < -0.3 is 14.9 Å². The summed E-state index contributed by atoms with van der Waals surface area (Å²) >= 11 is 0. The van der Waals surface area contributed by atoms with Gasteiger partial charge in [0.15, 0.2) is 0 Å². The Morgan fingerprint density at radius 3 is 2.71 bits per heavy atom. The van der Waals surface area contributed by atoms with Gasteiger partial charge in [0.2, 0.25) is 0 Å². The van der Waals surface area contributed by atoms with Gasteiger partial charge in [-0.15, -0.1) is 0 Å². The molecule has 1 unspecified atom stereocenters. The average molecular weight is 281 g/mol. The third-order valence-corrected chi connectivity index (χ3v) is 3.80. The molecule has 3 rings (SSSR count). The second-order valence-electron chi connectivity index (χ2n) is 5.04. The van der Waals surface area contributed by atoms with E-state index in [9.17, 15) is 0 Å². The largest absolute Gasteiger partial charge is 0.497 e. The van der Waals surface area contributed by atoms with Gasteiger partial charge in [-0.2, -0.15) is 0 Å². The van der Waals surface area contributed by atoms with E-state index in [-0.39, 0.29) is 6.04 Å². The number of methoxy groups -OCH3 is 1. The van der Waals surface area contributed by atoms with E-state index in [1.54, 1.807) is 7.11 Å². The van der Waals surface area contributed by atoms with Crippen molar-refractivity contribution in [2.75, 3.05) is 7.11 Å². The fourth-order valence-electron chi connectivity index (χ4n) is 2.72. The van der Waals surface area contributed by atoms with Crippen LogP contribution in [0.15, 0.2) is 52.9 Å². The van der Waals surface area contributed by atoms with Crippen molar-refractivity contribution in [3.63, 3.8) is 0 Å². The fourth-order valence-corrected chi connectivity index (χ4v) is 2.72. The zero-order chi connectivity index (χ0) is 14.8. The lowest BCUT2D eigenvalue weighted by atomic mass is 9.96. The summed E-state index contributed by atoms with van der Waals surface area (Å²) < 4.78 is 11.2. The maximum absolute atomic E-state index is 6.51. The van der Waals surface area contributed by atoms with Gasteiger partial charge in [-0.05, 0) is 23.8 Å². The molecule has 0 bridgehead atoms. The molecule has 3 aromatic rings. The van der Waals surface area contributed by atoms with Crippen LogP contribution < -0.4 is 10.5 Å². The first-order valence-corrected chi connectivity index (χ1v) is 7.14. The molecule has 1 atom stereocenters. The third kappa shape index (κ3) is 2.41. The highest BCUT2D eigenvalue weighted by Gasteiger charge is 2.20. The molecular weight excluding hydrogens is 262 g/mol. The summed E-state index contributed by atoms with van der Waals surface area (Å²) in [6, 6.07) is 15.7. The third-order valence-electron chi connectivity index (χ3n) is 3.80. The molecule has 21 heavy (non-hydrogen) atoms. The Bertz CT molecular complexity index is 761. The number of nitrogens with two attached hydrogens (primary N) is 1. The first kappa shape index (κ1) is 13.7. The van der Waals surface area contributed by atoms with Crippen LogP contribution in [0.1, 0.15) is 29.9 Å². The monoisotopic (exact) mass is 281 g/mol. The van der Waals surface area contributed by atoms with Crippen molar-refractivity contribution in [2.45, 2.75) is 19.4 Å². The van der Waals surface area contributed by atoms with Gasteiger partial charge >= 0.3 is 0 Å². The highest BCUT2D eigenvalue weighted by Crippen LogP contribution is 2.34. The van der Waals surface area contributed by atoms with Gasteiger partial charge in [-0.3, -0.25) is 0 Å². The molecule has 0 saturated heterocycles. The Hall–Kier alpha value is -2.26. The van der Waals surface area contributed by atoms with Crippen LogP contribution in [0, 0.1) is 0 Å². The lowest BCUT2D eigenvalue weighted by Gasteiger charge is -2.14. The lowest BCUT2D eigenvalue weighted by molar-refractivity contribution is 0.414. The van der Waals surface area contributed by atoms with Crippen molar-refractivity contribution in [2.24, 2.45) is 5.73 Å². The number of para-hydroxylation sites is 1. The van der Waals surface area contributed by atoms with Crippen molar-refractivity contribution in [3.05, 3.63) is 65.4 Å². The number of ether oxygens (including phenoxy) is 1. The molecule has 0 aliphatic carbocycles. The molecule has 108 valence electrons. The zero-order valence-corrected chi connectivity index (χ0v) is 12.3. The second kappa shape index (κ2) is 5.62. The van der Waals surface area contributed by atoms with E-state index in [0.29, 0.717) is 0 Å². The summed E-state index contributed by atoms with van der Waals surface area (Å²) in [7, 11) is 1.66. The first-order chi connectivity index (χ1) is 10.2. The van der Waals surface area contributed by atoms with Gasteiger partial charge in [-0.25, -0.2) is 0 Å². The zero-order valence-electron chi connectivity index (χ0n) is 12.3. The Labute approximate surface area is 124 Å². The molecule has 3 nitrogen and oxygen atoms in total.